The fraction of sp³-hybridized carbons (Fsp3) is 0.222. The third kappa shape index (κ3) is 2.12. The highest BCUT2D eigenvalue weighted by molar-refractivity contribution is 5.87. The molecule has 1 atom stereocenters. The van der Waals surface area contributed by atoms with Crippen LogP contribution in [0.3, 0.4) is 0 Å². The number of nitrogens with zero attached hydrogens (tertiary/aromatic N) is 1. The van der Waals surface area contributed by atoms with E-state index in [9.17, 15) is 5.11 Å². The van der Waals surface area contributed by atoms with Gasteiger partial charge in [-0.25, -0.2) is 0 Å². The Morgan fingerprint density at radius 2 is 1.70 bits per heavy atom. The number of aromatic nitrogens is 1. The van der Waals surface area contributed by atoms with Crippen molar-refractivity contribution in [1.29, 1.82) is 0 Å². The molecule has 0 spiro atoms. The Balaban J connectivity index is 2.28. The molecule has 1 aromatic heterocycles. The number of para-hydroxylation sites is 1. The second kappa shape index (κ2) is 5.51. The molecule has 0 fully saturated rings. The fourth-order valence-electron chi connectivity index (χ4n) is 2.79. The molecular formula is C18H19NO. The van der Waals surface area contributed by atoms with Crippen LogP contribution in [0.15, 0.2) is 60.7 Å². The highest BCUT2D eigenvalue weighted by atomic mass is 16.3. The van der Waals surface area contributed by atoms with Gasteiger partial charge in [-0.1, -0.05) is 55.5 Å². The van der Waals surface area contributed by atoms with Gasteiger partial charge in [0.05, 0.1) is 12.6 Å². The van der Waals surface area contributed by atoms with E-state index in [4.69, 9.17) is 0 Å². The predicted molar refractivity (Wildman–Crippen MR) is 83.8 cm³/mol. The van der Waals surface area contributed by atoms with Crippen molar-refractivity contribution >= 4 is 10.9 Å². The van der Waals surface area contributed by atoms with Gasteiger partial charge in [0.15, 0.2) is 0 Å². The van der Waals surface area contributed by atoms with Crippen LogP contribution in [0.5, 0.6) is 0 Å². The Kier molecular flexibility index (Phi) is 3.57. The summed E-state index contributed by atoms with van der Waals surface area (Å²) >= 11 is 0. The summed E-state index contributed by atoms with van der Waals surface area (Å²) in [6.45, 7) is 2.28. The normalized spacial score (nSPS) is 12.7. The zero-order valence-corrected chi connectivity index (χ0v) is 11.7. The second-order valence-corrected chi connectivity index (χ2v) is 5.07. The maximum absolute atomic E-state index is 9.71. The molecule has 20 heavy (non-hydrogen) atoms. The summed E-state index contributed by atoms with van der Waals surface area (Å²) in [6.07, 6.45) is 0.912. The molecule has 3 rings (SSSR count). The third-order valence-electron chi connectivity index (χ3n) is 3.86. The van der Waals surface area contributed by atoms with Crippen molar-refractivity contribution in [3.05, 3.63) is 60.7 Å². The number of hydrogen-bond acceptors (Lipinski definition) is 1. The minimum absolute atomic E-state index is 0.116. The maximum atomic E-state index is 9.71. The largest absolute Gasteiger partial charge is 0.394 e. The van der Waals surface area contributed by atoms with E-state index in [0.29, 0.717) is 0 Å². The predicted octanol–water partition coefficient (Wildman–Crippen LogP) is 4.25. The van der Waals surface area contributed by atoms with E-state index in [1.165, 1.54) is 22.2 Å². The number of aliphatic hydroxyl groups is 1. The molecule has 0 bridgehead atoms. The first-order valence-corrected chi connectivity index (χ1v) is 7.11. The van der Waals surface area contributed by atoms with Crippen molar-refractivity contribution in [2.45, 2.75) is 19.4 Å². The van der Waals surface area contributed by atoms with Gasteiger partial charge >= 0.3 is 0 Å². The lowest BCUT2D eigenvalue weighted by Gasteiger charge is -2.19. The van der Waals surface area contributed by atoms with E-state index >= 15 is 0 Å². The van der Waals surface area contributed by atoms with Crippen molar-refractivity contribution in [1.82, 2.24) is 4.57 Å². The quantitative estimate of drug-likeness (QED) is 0.749. The van der Waals surface area contributed by atoms with Gasteiger partial charge in [-0.05, 0) is 24.1 Å². The summed E-state index contributed by atoms with van der Waals surface area (Å²) in [5, 5.41) is 10.9. The van der Waals surface area contributed by atoms with E-state index in [1.54, 1.807) is 0 Å². The molecule has 1 unspecified atom stereocenters. The molecule has 0 radical (unpaired) electrons. The molecule has 1 heterocycles. The molecule has 0 amide bonds. The highest BCUT2D eigenvalue weighted by Gasteiger charge is 2.16. The second-order valence-electron chi connectivity index (χ2n) is 5.07. The SMILES string of the molecule is CCC(CO)n1c(-c2ccccc2)cc2ccccc21. The third-order valence-corrected chi connectivity index (χ3v) is 3.86. The van der Waals surface area contributed by atoms with Gasteiger partial charge in [0.25, 0.3) is 0 Å². The molecule has 2 nitrogen and oxygen atoms in total. The van der Waals surface area contributed by atoms with Crippen molar-refractivity contribution in [3.8, 4) is 11.3 Å². The molecule has 0 aliphatic carbocycles. The minimum Gasteiger partial charge on any atom is -0.394 e. The van der Waals surface area contributed by atoms with E-state index < -0.39 is 0 Å². The summed E-state index contributed by atoms with van der Waals surface area (Å²) < 4.78 is 2.27. The minimum atomic E-state index is 0.116. The van der Waals surface area contributed by atoms with E-state index in [1.807, 2.05) is 6.07 Å². The van der Waals surface area contributed by atoms with Gasteiger partial charge in [0.2, 0.25) is 0 Å². The van der Waals surface area contributed by atoms with E-state index in [0.717, 1.165) is 6.42 Å². The van der Waals surface area contributed by atoms with Crippen LogP contribution in [0.25, 0.3) is 22.2 Å². The molecule has 2 aromatic carbocycles. The first-order valence-electron chi connectivity index (χ1n) is 7.11. The summed E-state index contributed by atoms with van der Waals surface area (Å²) in [5.74, 6) is 0. The van der Waals surface area contributed by atoms with Crippen LogP contribution < -0.4 is 0 Å². The van der Waals surface area contributed by atoms with Crippen molar-refractivity contribution in [2.24, 2.45) is 0 Å². The van der Waals surface area contributed by atoms with Gasteiger partial charge in [-0.15, -0.1) is 0 Å². The van der Waals surface area contributed by atoms with Crippen LogP contribution in [0.4, 0.5) is 0 Å². The van der Waals surface area contributed by atoms with Crippen molar-refractivity contribution in [3.63, 3.8) is 0 Å². The summed E-state index contributed by atoms with van der Waals surface area (Å²) in [6, 6.07) is 21.1. The van der Waals surface area contributed by atoms with Crippen LogP contribution in [-0.2, 0) is 0 Å². The van der Waals surface area contributed by atoms with E-state index in [-0.39, 0.29) is 12.6 Å². The van der Waals surface area contributed by atoms with Gasteiger partial charge in [0, 0.05) is 16.6 Å². The Bertz CT molecular complexity index is 696. The lowest BCUT2D eigenvalue weighted by Crippen LogP contribution is -2.13. The monoisotopic (exact) mass is 265 g/mol. The van der Waals surface area contributed by atoms with Gasteiger partial charge in [-0.2, -0.15) is 0 Å². The van der Waals surface area contributed by atoms with Crippen LogP contribution in [-0.4, -0.2) is 16.3 Å². The zero-order chi connectivity index (χ0) is 13.9. The topological polar surface area (TPSA) is 25.2 Å². The summed E-state index contributed by atoms with van der Waals surface area (Å²) in [7, 11) is 0. The molecular weight excluding hydrogens is 246 g/mol. The van der Waals surface area contributed by atoms with Crippen LogP contribution in [0.1, 0.15) is 19.4 Å². The van der Waals surface area contributed by atoms with Crippen LogP contribution in [0, 0.1) is 0 Å². The van der Waals surface area contributed by atoms with Crippen LogP contribution >= 0.6 is 0 Å². The summed E-state index contributed by atoms with van der Waals surface area (Å²) in [4.78, 5) is 0. The Hall–Kier alpha value is -2.06. The van der Waals surface area contributed by atoms with Gasteiger partial charge < -0.3 is 9.67 Å². The number of fused-ring (bicyclic) bond motifs is 1. The molecule has 1 N–H and O–H groups in total. The average molecular weight is 265 g/mol. The van der Waals surface area contributed by atoms with Gasteiger partial charge in [-0.3, -0.25) is 0 Å². The number of rotatable bonds is 4. The smallest absolute Gasteiger partial charge is 0.0639 e. The summed E-state index contributed by atoms with van der Waals surface area (Å²) in [5.41, 5.74) is 3.55. The average Bonchev–Trinajstić information content (AvgIpc) is 2.89. The highest BCUT2D eigenvalue weighted by Crippen LogP contribution is 2.32. The maximum Gasteiger partial charge on any atom is 0.0639 e. The zero-order valence-electron chi connectivity index (χ0n) is 11.7. The number of aliphatic hydroxyl groups excluding tert-OH is 1. The Morgan fingerprint density at radius 3 is 2.40 bits per heavy atom. The Labute approximate surface area is 119 Å². The first-order chi connectivity index (χ1) is 9.85. The van der Waals surface area contributed by atoms with Crippen LogP contribution in [0.2, 0.25) is 0 Å². The molecule has 2 heteroatoms. The number of hydrogen-bond donors (Lipinski definition) is 1. The van der Waals surface area contributed by atoms with Crippen molar-refractivity contribution in [2.75, 3.05) is 6.61 Å². The van der Waals surface area contributed by atoms with E-state index in [2.05, 4.69) is 66.1 Å². The molecule has 102 valence electrons. The van der Waals surface area contributed by atoms with Crippen molar-refractivity contribution < 1.29 is 5.11 Å². The molecule has 3 aromatic rings. The lowest BCUT2D eigenvalue weighted by molar-refractivity contribution is 0.228. The molecule has 0 saturated heterocycles. The molecule has 0 aliphatic rings. The standard InChI is InChI=1S/C18H19NO/c1-2-16(13-20)19-17-11-7-6-10-15(17)12-18(19)14-8-4-3-5-9-14/h3-12,16,20H,2,13H2,1H3. The Morgan fingerprint density at radius 1 is 1.00 bits per heavy atom. The number of benzene rings is 2. The molecule has 0 saturated carbocycles. The van der Waals surface area contributed by atoms with Gasteiger partial charge in [0.1, 0.15) is 0 Å². The molecule has 0 aliphatic heterocycles. The lowest BCUT2D eigenvalue weighted by atomic mass is 10.1. The fourth-order valence-corrected chi connectivity index (χ4v) is 2.79. The first kappa shape index (κ1) is 12.9.